The van der Waals surface area contributed by atoms with Crippen LogP contribution >= 0.6 is 11.3 Å². The van der Waals surface area contributed by atoms with Crippen molar-refractivity contribution in [1.82, 2.24) is 9.21 Å². The molecule has 0 aliphatic carbocycles. The molecule has 2 aliphatic heterocycles. The maximum Gasteiger partial charge on any atom is 0.211 e. The lowest BCUT2D eigenvalue weighted by atomic mass is 9.73. The van der Waals surface area contributed by atoms with Gasteiger partial charge in [0.1, 0.15) is 0 Å². The van der Waals surface area contributed by atoms with E-state index in [0.29, 0.717) is 13.1 Å². The monoisotopic (exact) mass is 330 g/mol. The van der Waals surface area contributed by atoms with Crippen LogP contribution in [0.1, 0.15) is 12.0 Å². The Labute approximate surface area is 130 Å². The summed E-state index contributed by atoms with van der Waals surface area (Å²) < 4.78 is 25.2. The Morgan fingerprint density at radius 3 is 2.90 bits per heavy atom. The van der Waals surface area contributed by atoms with Gasteiger partial charge >= 0.3 is 0 Å². The Bertz CT molecular complexity index is 587. The summed E-state index contributed by atoms with van der Waals surface area (Å²) >= 11 is 1.70. The van der Waals surface area contributed by atoms with Crippen LogP contribution < -0.4 is 0 Å². The summed E-state index contributed by atoms with van der Waals surface area (Å²) in [5.41, 5.74) is 1.07. The van der Waals surface area contributed by atoms with Gasteiger partial charge in [-0.2, -0.15) is 11.3 Å². The number of fused-ring (bicyclic) bond motifs is 1. The third kappa shape index (κ3) is 3.03. The summed E-state index contributed by atoms with van der Waals surface area (Å²) in [6.07, 6.45) is 2.13. The number of aliphatic hydroxyl groups excluding tert-OH is 1. The first-order valence-corrected chi connectivity index (χ1v) is 10.0. The van der Waals surface area contributed by atoms with E-state index in [1.54, 1.807) is 15.6 Å². The second-order valence-corrected chi connectivity index (χ2v) is 9.15. The van der Waals surface area contributed by atoms with Crippen molar-refractivity contribution in [3.05, 3.63) is 22.4 Å². The molecular weight excluding hydrogens is 308 g/mol. The number of piperidine rings is 1. The van der Waals surface area contributed by atoms with Gasteiger partial charge < -0.3 is 5.11 Å². The van der Waals surface area contributed by atoms with Gasteiger partial charge in [-0.1, -0.05) is 0 Å². The summed E-state index contributed by atoms with van der Waals surface area (Å²) in [5.74, 6) is 0.226. The number of likely N-dealkylation sites (tertiary alicyclic amines) is 1. The topological polar surface area (TPSA) is 60.9 Å². The third-order valence-electron chi connectivity index (χ3n) is 4.96. The minimum Gasteiger partial charge on any atom is -0.396 e. The van der Waals surface area contributed by atoms with E-state index in [9.17, 15) is 13.5 Å². The van der Waals surface area contributed by atoms with Crippen molar-refractivity contribution in [3.8, 4) is 0 Å². The smallest absolute Gasteiger partial charge is 0.211 e. The molecular formula is C14H22N2O3S2. The summed E-state index contributed by atoms with van der Waals surface area (Å²) in [6.45, 7) is 3.79. The van der Waals surface area contributed by atoms with Gasteiger partial charge in [-0.25, -0.2) is 12.7 Å². The number of hydrogen-bond acceptors (Lipinski definition) is 5. The summed E-state index contributed by atoms with van der Waals surface area (Å²) in [6, 6.07) is 2.13. The van der Waals surface area contributed by atoms with E-state index in [2.05, 4.69) is 21.7 Å². The molecule has 7 heteroatoms. The maximum atomic E-state index is 11.8. The SMILES string of the molecule is CS(=O)(=O)N1C[C@H]2CN(Cc3ccsc3)CC[C@@]2(CO)C1. The standard InChI is InChI=1S/C14H22N2O3S2/c1-21(18,19)16-8-13-7-15(6-12-2-5-20-9-12)4-3-14(13,10-16)11-17/h2,5,9,13,17H,3-4,6-8,10-11H2,1H3/t13-,14+/m1/s1. The Hall–Kier alpha value is -0.470. The first-order chi connectivity index (χ1) is 9.93. The molecule has 0 unspecified atom stereocenters. The van der Waals surface area contributed by atoms with E-state index in [4.69, 9.17) is 0 Å². The van der Waals surface area contributed by atoms with E-state index < -0.39 is 10.0 Å². The van der Waals surface area contributed by atoms with Crippen molar-refractivity contribution < 1.29 is 13.5 Å². The zero-order chi connectivity index (χ0) is 15.1. The molecule has 0 spiro atoms. The van der Waals surface area contributed by atoms with Crippen LogP contribution in [0.3, 0.4) is 0 Å². The van der Waals surface area contributed by atoms with E-state index in [-0.39, 0.29) is 17.9 Å². The molecule has 0 amide bonds. The predicted molar refractivity (Wildman–Crippen MR) is 83.6 cm³/mol. The molecule has 1 N–H and O–H groups in total. The van der Waals surface area contributed by atoms with Crippen molar-refractivity contribution in [2.75, 3.05) is 39.0 Å². The molecule has 2 saturated heterocycles. The van der Waals surface area contributed by atoms with Crippen LogP contribution in [0.4, 0.5) is 0 Å². The fraction of sp³-hybridized carbons (Fsp3) is 0.714. The lowest BCUT2D eigenvalue weighted by Crippen LogP contribution is -2.48. The average Bonchev–Trinajstić information content (AvgIpc) is 3.05. The Morgan fingerprint density at radius 1 is 1.48 bits per heavy atom. The molecule has 21 heavy (non-hydrogen) atoms. The van der Waals surface area contributed by atoms with Crippen LogP contribution in [0, 0.1) is 11.3 Å². The number of thiophene rings is 1. The van der Waals surface area contributed by atoms with Crippen molar-refractivity contribution in [3.63, 3.8) is 0 Å². The van der Waals surface area contributed by atoms with Crippen LogP contribution in [-0.4, -0.2) is 61.8 Å². The normalized spacial score (nSPS) is 31.4. The maximum absolute atomic E-state index is 11.8. The molecule has 2 fully saturated rings. The van der Waals surface area contributed by atoms with E-state index in [1.807, 2.05) is 0 Å². The molecule has 1 aromatic rings. The molecule has 5 nitrogen and oxygen atoms in total. The zero-order valence-corrected chi connectivity index (χ0v) is 13.9. The van der Waals surface area contributed by atoms with Crippen LogP contribution in [0.2, 0.25) is 0 Å². The van der Waals surface area contributed by atoms with Crippen molar-refractivity contribution in [2.24, 2.45) is 11.3 Å². The molecule has 0 saturated carbocycles. The average molecular weight is 330 g/mol. The first-order valence-electron chi connectivity index (χ1n) is 7.22. The Kier molecular flexibility index (Phi) is 4.13. The van der Waals surface area contributed by atoms with Crippen LogP contribution in [-0.2, 0) is 16.6 Å². The summed E-state index contributed by atoms with van der Waals surface area (Å²) in [5, 5.41) is 14.1. The van der Waals surface area contributed by atoms with Gasteiger partial charge in [-0.05, 0) is 41.3 Å². The molecule has 1 aromatic heterocycles. The molecule has 2 aliphatic rings. The number of hydrogen-bond donors (Lipinski definition) is 1. The van der Waals surface area contributed by atoms with Gasteiger partial charge in [-0.3, -0.25) is 4.90 Å². The van der Waals surface area contributed by atoms with E-state index in [1.165, 1.54) is 11.8 Å². The summed E-state index contributed by atoms with van der Waals surface area (Å²) in [4.78, 5) is 2.38. The highest BCUT2D eigenvalue weighted by Gasteiger charge is 2.51. The molecule has 3 heterocycles. The molecule has 118 valence electrons. The number of rotatable bonds is 4. The third-order valence-corrected chi connectivity index (χ3v) is 6.90. The second kappa shape index (κ2) is 5.62. The molecule has 0 aromatic carbocycles. The highest BCUT2D eigenvalue weighted by atomic mass is 32.2. The van der Waals surface area contributed by atoms with Gasteiger partial charge in [0.05, 0.1) is 12.9 Å². The fourth-order valence-electron chi connectivity index (χ4n) is 3.60. The highest BCUT2D eigenvalue weighted by molar-refractivity contribution is 7.88. The lowest BCUT2D eigenvalue weighted by molar-refractivity contribution is 0.0171. The molecule has 3 rings (SSSR count). The van der Waals surface area contributed by atoms with E-state index in [0.717, 1.165) is 26.1 Å². The van der Waals surface area contributed by atoms with Gasteiger partial charge in [0.15, 0.2) is 0 Å². The zero-order valence-electron chi connectivity index (χ0n) is 12.2. The van der Waals surface area contributed by atoms with Crippen LogP contribution in [0.5, 0.6) is 0 Å². The lowest BCUT2D eigenvalue weighted by Gasteiger charge is -2.42. The molecule has 0 bridgehead atoms. The minimum absolute atomic E-state index is 0.0793. The van der Waals surface area contributed by atoms with Gasteiger partial charge in [0, 0.05) is 31.6 Å². The first kappa shape index (κ1) is 15.4. The van der Waals surface area contributed by atoms with Gasteiger partial charge in [-0.15, -0.1) is 0 Å². The van der Waals surface area contributed by atoms with Crippen molar-refractivity contribution >= 4 is 21.4 Å². The van der Waals surface area contributed by atoms with Crippen molar-refractivity contribution in [2.45, 2.75) is 13.0 Å². The minimum atomic E-state index is -3.17. The largest absolute Gasteiger partial charge is 0.396 e. The quantitative estimate of drug-likeness (QED) is 0.888. The van der Waals surface area contributed by atoms with Crippen LogP contribution in [0.25, 0.3) is 0 Å². The predicted octanol–water partition coefficient (Wildman–Crippen LogP) is 0.824. The van der Waals surface area contributed by atoms with Gasteiger partial charge in [0.25, 0.3) is 0 Å². The van der Waals surface area contributed by atoms with Crippen LogP contribution in [0.15, 0.2) is 16.8 Å². The number of sulfonamides is 1. The van der Waals surface area contributed by atoms with E-state index >= 15 is 0 Å². The number of aliphatic hydroxyl groups is 1. The highest BCUT2D eigenvalue weighted by Crippen LogP contribution is 2.43. The van der Waals surface area contributed by atoms with Crippen molar-refractivity contribution in [1.29, 1.82) is 0 Å². The molecule has 2 atom stereocenters. The number of nitrogens with zero attached hydrogens (tertiary/aromatic N) is 2. The molecule has 0 radical (unpaired) electrons. The Morgan fingerprint density at radius 2 is 2.29 bits per heavy atom. The fourth-order valence-corrected chi connectivity index (χ4v) is 5.20. The van der Waals surface area contributed by atoms with Gasteiger partial charge in [0.2, 0.25) is 10.0 Å². The second-order valence-electron chi connectivity index (χ2n) is 6.39. The summed E-state index contributed by atoms with van der Waals surface area (Å²) in [7, 11) is -3.17. The Balaban J connectivity index is 1.72.